The summed E-state index contributed by atoms with van der Waals surface area (Å²) in [6.45, 7) is 1.66. The maximum Gasteiger partial charge on any atom is 0.255 e. The molecule has 0 bridgehead atoms. The molecule has 0 aliphatic carbocycles. The standard InChI is InChI=1S/C22H23N3O4S2/c1-23-31(27,28)21-13-15(7-8-19(21)29-2)22(26)24-17-5-3-4-6-18(17)25-11-9-20-16(14-25)10-12-30-20/h3-8,10,12-13,23H,9,11,14H2,1-2H3,(H,24,26). The van der Waals surface area contributed by atoms with E-state index >= 15 is 0 Å². The molecule has 4 rings (SSSR count). The molecule has 162 valence electrons. The summed E-state index contributed by atoms with van der Waals surface area (Å²) >= 11 is 1.78. The van der Waals surface area contributed by atoms with Gasteiger partial charge in [0.1, 0.15) is 10.6 Å². The van der Waals surface area contributed by atoms with E-state index in [1.54, 1.807) is 17.4 Å². The number of nitrogens with one attached hydrogen (secondary N) is 2. The number of amides is 1. The molecule has 1 aliphatic heterocycles. The Morgan fingerprint density at radius 3 is 2.74 bits per heavy atom. The van der Waals surface area contributed by atoms with E-state index in [0.717, 1.165) is 25.2 Å². The van der Waals surface area contributed by atoms with Gasteiger partial charge in [0.2, 0.25) is 10.0 Å². The average Bonchev–Trinajstić information content (AvgIpc) is 3.27. The van der Waals surface area contributed by atoms with E-state index in [-0.39, 0.29) is 16.2 Å². The molecule has 0 radical (unpaired) electrons. The number of para-hydroxylation sites is 2. The first-order valence-corrected chi connectivity index (χ1v) is 12.1. The van der Waals surface area contributed by atoms with E-state index in [0.29, 0.717) is 5.69 Å². The highest BCUT2D eigenvalue weighted by molar-refractivity contribution is 7.89. The summed E-state index contributed by atoms with van der Waals surface area (Å²) in [5.74, 6) is -0.220. The van der Waals surface area contributed by atoms with Crippen LogP contribution in [-0.2, 0) is 23.0 Å². The highest BCUT2D eigenvalue weighted by atomic mass is 32.2. The SMILES string of the molecule is CNS(=O)(=O)c1cc(C(=O)Nc2ccccc2N2CCc3sccc3C2)ccc1OC. The number of rotatable bonds is 6. The lowest BCUT2D eigenvalue weighted by Gasteiger charge is -2.30. The summed E-state index contributed by atoms with van der Waals surface area (Å²) in [6, 6.07) is 14.1. The minimum atomic E-state index is -3.78. The van der Waals surface area contributed by atoms with Crippen LogP contribution < -0.4 is 19.7 Å². The van der Waals surface area contributed by atoms with Crippen LogP contribution in [0.25, 0.3) is 0 Å². The van der Waals surface area contributed by atoms with Gasteiger partial charge in [-0.3, -0.25) is 4.79 Å². The van der Waals surface area contributed by atoms with Gasteiger partial charge in [-0.25, -0.2) is 13.1 Å². The predicted molar refractivity (Wildman–Crippen MR) is 123 cm³/mol. The smallest absolute Gasteiger partial charge is 0.255 e. The summed E-state index contributed by atoms with van der Waals surface area (Å²) in [7, 11) is -1.08. The van der Waals surface area contributed by atoms with Crippen LogP contribution >= 0.6 is 11.3 Å². The third kappa shape index (κ3) is 4.30. The van der Waals surface area contributed by atoms with Crippen molar-refractivity contribution in [1.29, 1.82) is 0 Å². The number of carbonyl (C=O) groups excluding carboxylic acids is 1. The van der Waals surface area contributed by atoms with Gasteiger partial charge in [-0.1, -0.05) is 12.1 Å². The van der Waals surface area contributed by atoms with Crippen molar-refractivity contribution in [3.05, 3.63) is 69.9 Å². The number of thiophene rings is 1. The molecule has 2 aromatic carbocycles. The highest BCUT2D eigenvalue weighted by Crippen LogP contribution is 2.33. The number of nitrogens with zero attached hydrogens (tertiary/aromatic N) is 1. The number of sulfonamides is 1. The van der Waals surface area contributed by atoms with Gasteiger partial charge in [0.05, 0.1) is 18.5 Å². The second-order valence-electron chi connectivity index (χ2n) is 7.09. The van der Waals surface area contributed by atoms with Crippen molar-refractivity contribution in [2.24, 2.45) is 0 Å². The minimum absolute atomic E-state index is 0.0838. The fourth-order valence-electron chi connectivity index (χ4n) is 3.64. The molecule has 0 fully saturated rings. The lowest BCUT2D eigenvalue weighted by Crippen LogP contribution is -2.30. The number of fused-ring (bicyclic) bond motifs is 1. The largest absolute Gasteiger partial charge is 0.495 e. The Morgan fingerprint density at radius 2 is 1.97 bits per heavy atom. The quantitative estimate of drug-likeness (QED) is 0.592. The van der Waals surface area contributed by atoms with Crippen LogP contribution in [0.1, 0.15) is 20.8 Å². The number of ether oxygens (including phenoxy) is 1. The van der Waals surface area contributed by atoms with E-state index < -0.39 is 15.9 Å². The normalized spacial score (nSPS) is 13.5. The number of hydrogen-bond donors (Lipinski definition) is 2. The van der Waals surface area contributed by atoms with Gasteiger partial charge in [0, 0.05) is 23.5 Å². The Labute approximate surface area is 185 Å². The lowest BCUT2D eigenvalue weighted by molar-refractivity contribution is 0.102. The monoisotopic (exact) mass is 457 g/mol. The van der Waals surface area contributed by atoms with Gasteiger partial charge in [0.25, 0.3) is 5.91 Å². The maximum atomic E-state index is 13.0. The molecule has 0 spiro atoms. The molecular weight excluding hydrogens is 434 g/mol. The molecule has 0 saturated carbocycles. The summed E-state index contributed by atoms with van der Waals surface area (Å²) in [5, 5.41) is 5.06. The van der Waals surface area contributed by atoms with Crippen molar-refractivity contribution < 1.29 is 17.9 Å². The molecule has 0 unspecified atom stereocenters. The summed E-state index contributed by atoms with van der Waals surface area (Å²) in [6.07, 6.45) is 0.971. The van der Waals surface area contributed by atoms with Crippen LogP contribution in [0.5, 0.6) is 5.75 Å². The van der Waals surface area contributed by atoms with E-state index in [9.17, 15) is 13.2 Å². The van der Waals surface area contributed by atoms with Crippen molar-refractivity contribution in [3.8, 4) is 5.75 Å². The van der Waals surface area contributed by atoms with Crippen molar-refractivity contribution in [2.45, 2.75) is 17.9 Å². The van der Waals surface area contributed by atoms with Crippen LogP contribution in [0, 0.1) is 0 Å². The molecular formula is C22H23N3O4S2. The van der Waals surface area contributed by atoms with E-state index in [1.807, 2.05) is 24.3 Å². The fraction of sp³-hybridized carbons (Fsp3) is 0.227. The summed E-state index contributed by atoms with van der Waals surface area (Å²) in [4.78, 5) is 16.6. The first kappa shape index (κ1) is 21.4. The van der Waals surface area contributed by atoms with Gasteiger partial charge in [-0.2, -0.15) is 0 Å². The molecule has 3 aromatic rings. The molecule has 1 aromatic heterocycles. The van der Waals surface area contributed by atoms with Gasteiger partial charge in [-0.15, -0.1) is 11.3 Å². The van der Waals surface area contributed by atoms with Crippen molar-refractivity contribution >= 4 is 38.6 Å². The second kappa shape index (κ2) is 8.70. The zero-order valence-electron chi connectivity index (χ0n) is 17.2. The van der Waals surface area contributed by atoms with Gasteiger partial charge >= 0.3 is 0 Å². The highest BCUT2D eigenvalue weighted by Gasteiger charge is 2.22. The molecule has 1 aliphatic rings. The fourth-order valence-corrected chi connectivity index (χ4v) is 5.45. The van der Waals surface area contributed by atoms with Gasteiger partial charge in [0.15, 0.2) is 0 Å². The number of anilines is 2. The number of methoxy groups -OCH3 is 1. The molecule has 1 amide bonds. The van der Waals surface area contributed by atoms with Gasteiger partial charge in [-0.05, 0) is 60.8 Å². The zero-order chi connectivity index (χ0) is 22.0. The van der Waals surface area contributed by atoms with Gasteiger partial charge < -0.3 is 15.0 Å². The van der Waals surface area contributed by atoms with Crippen LogP contribution in [-0.4, -0.2) is 35.0 Å². The van der Waals surface area contributed by atoms with Crippen molar-refractivity contribution in [2.75, 3.05) is 30.9 Å². The molecule has 2 heterocycles. The predicted octanol–water partition coefficient (Wildman–Crippen LogP) is 3.48. The number of hydrogen-bond acceptors (Lipinski definition) is 6. The molecule has 9 heteroatoms. The molecule has 31 heavy (non-hydrogen) atoms. The third-order valence-electron chi connectivity index (χ3n) is 5.28. The number of carbonyl (C=O) groups is 1. The van der Waals surface area contributed by atoms with Crippen LogP contribution in [0.15, 0.2) is 58.8 Å². The topological polar surface area (TPSA) is 87.7 Å². The average molecular weight is 458 g/mol. The zero-order valence-corrected chi connectivity index (χ0v) is 18.8. The van der Waals surface area contributed by atoms with E-state index in [4.69, 9.17) is 4.74 Å². The van der Waals surface area contributed by atoms with Crippen LogP contribution in [0.2, 0.25) is 0 Å². The lowest BCUT2D eigenvalue weighted by atomic mass is 10.1. The van der Waals surface area contributed by atoms with E-state index in [2.05, 4.69) is 26.4 Å². The Balaban J connectivity index is 1.61. The Hall–Kier alpha value is -2.88. The number of benzene rings is 2. The summed E-state index contributed by atoms with van der Waals surface area (Å²) < 4.78 is 32.1. The molecule has 0 saturated heterocycles. The van der Waals surface area contributed by atoms with E-state index in [1.165, 1.54) is 36.7 Å². The van der Waals surface area contributed by atoms with Crippen LogP contribution in [0.3, 0.4) is 0 Å². The van der Waals surface area contributed by atoms with Crippen LogP contribution in [0.4, 0.5) is 11.4 Å². The molecule has 0 atom stereocenters. The Kier molecular flexibility index (Phi) is 5.99. The maximum absolute atomic E-state index is 13.0. The first-order valence-electron chi connectivity index (χ1n) is 9.75. The minimum Gasteiger partial charge on any atom is -0.495 e. The third-order valence-corrected chi connectivity index (χ3v) is 7.74. The summed E-state index contributed by atoms with van der Waals surface area (Å²) in [5.41, 5.74) is 3.15. The first-order chi connectivity index (χ1) is 14.9. The molecule has 2 N–H and O–H groups in total. The second-order valence-corrected chi connectivity index (χ2v) is 9.94. The molecule has 7 nitrogen and oxygen atoms in total. The van der Waals surface area contributed by atoms with Crippen molar-refractivity contribution in [1.82, 2.24) is 4.72 Å². The Morgan fingerprint density at radius 1 is 1.16 bits per heavy atom. The van der Waals surface area contributed by atoms with Crippen molar-refractivity contribution in [3.63, 3.8) is 0 Å². The Bertz CT molecular complexity index is 1220.